The van der Waals surface area contributed by atoms with Crippen LogP contribution in [-0.2, 0) is 6.42 Å². The molecule has 1 aromatic carbocycles. The zero-order valence-corrected chi connectivity index (χ0v) is 9.61. The molecule has 1 aromatic rings. The van der Waals surface area contributed by atoms with Crippen molar-refractivity contribution in [1.82, 2.24) is 0 Å². The van der Waals surface area contributed by atoms with Gasteiger partial charge in [0, 0.05) is 13.0 Å². The Morgan fingerprint density at radius 1 is 1.44 bits per heavy atom. The lowest BCUT2D eigenvalue weighted by Crippen LogP contribution is -2.38. The van der Waals surface area contributed by atoms with Crippen LogP contribution in [0.1, 0.15) is 18.4 Å². The highest BCUT2D eigenvalue weighted by atomic mass is 35.5. The van der Waals surface area contributed by atoms with Crippen LogP contribution < -0.4 is 5.73 Å². The predicted molar refractivity (Wildman–Crippen MR) is 60.7 cm³/mol. The zero-order chi connectivity index (χ0) is 11.8. The van der Waals surface area contributed by atoms with E-state index in [1.54, 1.807) is 12.1 Å². The third-order valence-electron chi connectivity index (χ3n) is 3.16. The van der Waals surface area contributed by atoms with Crippen LogP contribution in [0, 0.1) is 11.7 Å². The summed E-state index contributed by atoms with van der Waals surface area (Å²) in [6.07, 6.45) is 1.70. The maximum atomic E-state index is 14.4. The molecule has 88 valence electrons. The summed E-state index contributed by atoms with van der Waals surface area (Å²) >= 11 is 5.65. The van der Waals surface area contributed by atoms with Crippen molar-refractivity contribution in [3.05, 3.63) is 34.6 Å². The number of hydrogen-bond acceptors (Lipinski definition) is 1. The van der Waals surface area contributed by atoms with Crippen LogP contribution in [0.15, 0.2) is 18.2 Å². The van der Waals surface area contributed by atoms with Crippen molar-refractivity contribution in [3.63, 3.8) is 0 Å². The molecule has 0 aliphatic heterocycles. The molecule has 0 aromatic heterocycles. The summed E-state index contributed by atoms with van der Waals surface area (Å²) in [7, 11) is 0. The van der Waals surface area contributed by atoms with Crippen LogP contribution >= 0.6 is 11.6 Å². The smallest absolute Gasteiger partial charge is 0.145 e. The average molecular weight is 246 g/mol. The van der Waals surface area contributed by atoms with Crippen LogP contribution in [0.5, 0.6) is 0 Å². The topological polar surface area (TPSA) is 26.0 Å². The normalized spacial score (nSPS) is 19.5. The second-order valence-electron chi connectivity index (χ2n) is 4.40. The minimum atomic E-state index is -1.48. The van der Waals surface area contributed by atoms with Crippen LogP contribution in [0.3, 0.4) is 0 Å². The van der Waals surface area contributed by atoms with Gasteiger partial charge in [0.05, 0.1) is 5.02 Å². The molecule has 1 saturated carbocycles. The van der Waals surface area contributed by atoms with Crippen molar-refractivity contribution in [2.24, 2.45) is 11.7 Å². The summed E-state index contributed by atoms with van der Waals surface area (Å²) in [5.74, 6) is -0.545. The first-order valence-corrected chi connectivity index (χ1v) is 5.76. The Labute approximate surface area is 98.6 Å². The standard InChI is InChI=1S/C12H14ClF2N/c13-10-3-1-2-8(11(10)14)6-12(15,7-16)9-4-5-9/h1-3,9H,4-7,16H2. The maximum absolute atomic E-state index is 14.4. The molecule has 1 atom stereocenters. The molecular weight excluding hydrogens is 232 g/mol. The van der Waals surface area contributed by atoms with E-state index < -0.39 is 11.5 Å². The van der Waals surface area contributed by atoms with Gasteiger partial charge in [-0.2, -0.15) is 0 Å². The third kappa shape index (κ3) is 2.20. The van der Waals surface area contributed by atoms with Crippen molar-refractivity contribution in [1.29, 1.82) is 0 Å². The van der Waals surface area contributed by atoms with Gasteiger partial charge in [-0.3, -0.25) is 0 Å². The fourth-order valence-electron chi connectivity index (χ4n) is 1.99. The van der Waals surface area contributed by atoms with Gasteiger partial charge in [-0.25, -0.2) is 8.78 Å². The quantitative estimate of drug-likeness (QED) is 0.867. The second-order valence-corrected chi connectivity index (χ2v) is 4.81. The van der Waals surface area contributed by atoms with Crippen LogP contribution in [0.25, 0.3) is 0 Å². The maximum Gasteiger partial charge on any atom is 0.145 e. The van der Waals surface area contributed by atoms with Gasteiger partial charge in [0.25, 0.3) is 0 Å². The Balaban J connectivity index is 2.22. The van der Waals surface area contributed by atoms with E-state index in [4.69, 9.17) is 17.3 Å². The van der Waals surface area contributed by atoms with Crippen molar-refractivity contribution in [2.75, 3.05) is 6.54 Å². The number of nitrogens with two attached hydrogens (primary N) is 1. The molecule has 2 N–H and O–H groups in total. The highest BCUT2D eigenvalue weighted by Gasteiger charge is 2.45. The van der Waals surface area contributed by atoms with E-state index in [0.29, 0.717) is 5.56 Å². The van der Waals surface area contributed by atoms with E-state index in [1.807, 2.05) is 0 Å². The largest absolute Gasteiger partial charge is 0.328 e. The molecule has 0 bridgehead atoms. The number of alkyl halides is 1. The molecule has 0 radical (unpaired) electrons. The summed E-state index contributed by atoms with van der Waals surface area (Å²) in [6.45, 7) is -0.0659. The first-order valence-electron chi connectivity index (χ1n) is 5.39. The molecule has 1 nitrogen and oxygen atoms in total. The zero-order valence-electron chi connectivity index (χ0n) is 8.85. The molecule has 1 aliphatic rings. The van der Waals surface area contributed by atoms with Gasteiger partial charge in [0.1, 0.15) is 11.5 Å². The molecule has 0 heterocycles. The lowest BCUT2D eigenvalue weighted by molar-refractivity contribution is 0.141. The van der Waals surface area contributed by atoms with E-state index in [0.717, 1.165) is 12.8 Å². The fraction of sp³-hybridized carbons (Fsp3) is 0.500. The highest BCUT2D eigenvalue weighted by molar-refractivity contribution is 6.30. The average Bonchev–Trinajstić information content (AvgIpc) is 3.08. The number of hydrogen-bond donors (Lipinski definition) is 1. The Kier molecular flexibility index (Phi) is 3.17. The number of benzene rings is 1. The second kappa shape index (κ2) is 4.30. The third-order valence-corrected chi connectivity index (χ3v) is 3.46. The SMILES string of the molecule is NCC(F)(Cc1cccc(Cl)c1F)C1CC1. The molecular formula is C12H14ClF2N. The molecule has 2 rings (SSSR count). The van der Waals surface area contributed by atoms with Gasteiger partial charge in [0.2, 0.25) is 0 Å². The molecule has 1 unspecified atom stereocenters. The molecule has 0 saturated heterocycles. The summed E-state index contributed by atoms with van der Waals surface area (Å²) in [4.78, 5) is 0. The van der Waals surface area contributed by atoms with Crippen molar-refractivity contribution < 1.29 is 8.78 Å². The molecule has 1 aliphatic carbocycles. The lowest BCUT2D eigenvalue weighted by Gasteiger charge is -2.23. The minimum Gasteiger partial charge on any atom is -0.328 e. The van der Waals surface area contributed by atoms with E-state index >= 15 is 0 Å². The van der Waals surface area contributed by atoms with Crippen LogP contribution in [0.4, 0.5) is 8.78 Å². The Morgan fingerprint density at radius 2 is 2.12 bits per heavy atom. The first kappa shape index (κ1) is 11.8. The van der Waals surface area contributed by atoms with E-state index in [9.17, 15) is 8.78 Å². The molecule has 4 heteroatoms. The van der Waals surface area contributed by atoms with E-state index in [2.05, 4.69) is 0 Å². The predicted octanol–water partition coefficient (Wildman–Crippen LogP) is 3.10. The van der Waals surface area contributed by atoms with Crippen molar-refractivity contribution >= 4 is 11.6 Å². The molecule has 0 spiro atoms. The van der Waals surface area contributed by atoms with Gasteiger partial charge in [0.15, 0.2) is 0 Å². The van der Waals surface area contributed by atoms with Gasteiger partial charge in [-0.05, 0) is 30.4 Å². The van der Waals surface area contributed by atoms with Crippen molar-refractivity contribution in [2.45, 2.75) is 24.9 Å². The fourth-order valence-corrected chi connectivity index (χ4v) is 2.18. The van der Waals surface area contributed by atoms with Gasteiger partial charge < -0.3 is 5.73 Å². The monoisotopic (exact) mass is 245 g/mol. The number of rotatable bonds is 4. The lowest BCUT2D eigenvalue weighted by atomic mass is 9.91. The van der Waals surface area contributed by atoms with E-state index in [1.165, 1.54) is 6.07 Å². The van der Waals surface area contributed by atoms with Gasteiger partial charge in [-0.1, -0.05) is 23.7 Å². The molecule has 1 fully saturated rings. The Bertz CT molecular complexity index is 393. The Hall–Kier alpha value is -0.670. The summed E-state index contributed by atoms with van der Waals surface area (Å²) < 4.78 is 28.0. The first-order chi connectivity index (χ1) is 7.57. The summed E-state index contributed by atoms with van der Waals surface area (Å²) in [6, 6.07) is 4.65. The summed E-state index contributed by atoms with van der Waals surface area (Å²) in [5, 5.41) is 0.0349. The van der Waals surface area contributed by atoms with E-state index in [-0.39, 0.29) is 23.9 Å². The number of halogens is 3. The molecule has 0 amide bonds. The van der Waals surface area contributed by atoms with Crippen LogP contribution in [-0.4, -0.2) is 12.2 Å². The van der Waals surface area contributed by atoms with Gasteiger partial charge >= 0.3 is 0 Å². The summed E-state index contributed by atoms with van der Waals surface area (Å²) in [5.41, 5.74) is 4.29. The minimum absolute atomic E-state index is 0.0144. The van der Waals surface area contributed by atoms with Crippen LogP contribution in [0.2, 0.25) is 5.02 Å². The van der Waals surface area contributed by atoms with Gasteiger partial charge in [-0.15, -0.1) is 0 Å². The Morgan fingerprint density at radius 3 is 2.69 bits per heavy atom. The molecule has 16 heavy (non-hydrogen) atoms. The highest BCUT2D eigenvalue weighted by Crippen LogP contribution is 2.43. The van der Waals surface area contributed by atoms with Crippen molar-refractivity contribution in [3.8, 4) is 0 Å².